The molecule has 9 nitrogen and oxygen atoms in total. The maximum Gasteiger partial charge on any atom is 0.280 e. The van der Waals surface area contributed by atoms with Crippen LogP contribution in [0, 0.1) is 24.5 Å². The van der Waals surface area contributed by atoms with Crippen LogP contribution in [0.5, 0.6) is 5.88 Å². The van der Waals surface area contributed by atoms with E-state index in [1.807, 2.05) is 0 Å². The van der Waals surface area contributed by atoms with E-state index in [2.05, 4.69) is 4.98 Å². The minimum absolute atomic E-state index is 0.0393. The molecule has 0 saturated carbocycles. The molecular formula is C26H22ClF2N3O6. The van der Waals surface area contributed by atoms with Crippen LogP contribution in [0.2, 0.25) is 5.02 Å². The molecule has 1 aromatic heterocycles. The number of β-amino-alcohol motifs (C(OH)–C–C–N with tert-alkyl or cyclic N) is 1. The summed E-state index contributed by atoms with van der Waals surface area (Å²) in [6.07, 6.45) is 0.814. The Morgan fingerprint density at radius 1 is 1.18 bits per heavy atom. The minimum Gasteiger partial charge on any atom is -0.471 e. The van der Waals surface area contributed by atoms with E-state index in [-0.39, 0.29) is 54.6 Å². The number of benzene rings is 2. The number of carbonyl (C=O) groups is 3. The normalized spacial score (nSPS) is 15.3. The van der Waals surface area contributed by atoms with Crippen molar-refractivity contribution in [1.29, 1.82) is 0 Å². The topological polar surface area (TPSA) is 119 Å². The third-order valence-corrected chi connectivity index (χ3v) is 6.47. The summed E-state index contributed by atoms with van der Waals surface area (Å²) in [5, 5.41) is 8.66. The predicted molar refractivity (Wildman–Crippen MR) is 131 cm³/mol. The molecule has 198 valence electrons. The van der Waals surface area contributed by atoms with Gasteiger partial charge < -0.3 is 9.84 Å². The molecule has 1 fully saturated rings. The molecular weight excluding hydrogens is 524 g/mol. The summed E-state index contributed by atoms with van der Waals surface area (Å²) in [7, 11) is 0. The zero-order chi connectivity index (χ0) is 27.6. The first-order valence-electron chi connectivity index (χ1n) is 11.5. The Bertz CT molecular complexity index is 1490. The highest BCUT2D eigenvalue weighted by Crippen LogP contribution is 2.26. The number of aliphatic hydroxyl groups is 1. The zero-order valence-electron chi connectivity index (χ0n) is 20.1. The fourth-order valence-corrected chi connectivity index (χ4v) is 4.30. The number of aryl methyl sites for hydroxylation is 1. The molecule has 12 heteroatoms. The van der Waals surface area contributed by atoms with E-state index in [4.69, 9.17) is 21.4 Å². The average Bonchev–Trinajstić information content (AvgIpc) is 3.14. The van der Waals surface area contributed by atoms with Gasteiger partial charge in [-0.25, -0.2) is 13.8 Å². The summed E-state index contributed by atoms with van der Waals surface area (Å²) in [6.45, 7) is 0.880. The molecule has 0 bridgehead atoms. The largest absolute Gasteiger partial charge is 0.471 e. The fourth-order valence-electron chi connectivity index (χ4n) is 4.10. The van der Waals surface area contributed by atoms with Gasteiger partial charge in [0.15, 0.2) is 10.8 Å². The van der Waals surface area contributed by atoms with Gasteiger partial charge in [0, 0.05) is 30.0 Å². The third-order valence-electron chi connectivity index (χ3n) is 6.15. The molecule has 0 aliphatic carbocycles. The molecule has 4 rings (SSSR count). The van der Waals surface area contributed by atoms with Gasteiger partial charge in [-0.3, -0.25) is 28.6 Å². The van der Waals surface area contributed by atoms with Gasteiger partial charge in [-0.2, -0.15) is 0 Å². The van der Waals surface area contributed by atoms with Crippen molar-refractivity contribution in [2.24, 2.45) is 5.92 Å². The van der Waals surface area contributed by atoms with E-state index < -0.39 is 40.7 Å². The standard InChI is InChI=1S/C26H22ClF2N3O6/c1-14-2-3-15(21(34)9-17-10-22(35)31(6-7-33)25(17)36)8-20(14)32-13-30-24(23(27)26(32)37)38-12-16-4-5-18(28)11-19(16)29/h2-5,8,11,13,17,33H,6-7,9-10,12H2,1H3/t17-/m0/s1. The van der Waals surface area contributed by atoms with Crippen LogP contribution in [-0.4, -0.2) is 50.3 Å². The van der Waals surface area contributed by atoms with Gasteiger partial charge in [0.05, 0.1) is 24.8 Å². The number of imide groups is 1. The Kier molecular flexibility index (Phi) is 7.98. The third kappa shape index (κ3) is 5.48. The number of nitrogens with zero attached hydrogens (tertiary/aromatic N) is 3. The molecule has 2 heterocycles. The Hall–Kier alpha value is -3.96. The number of halogens is 3. The quantitative estimate of drug-likeness (QED) is 0.324. The number of rotatable bonds is 9. The Morgan fingerprint density at radius 3 is 2.66 bits per heavy atom. The van der Waals surface area contributed by atoms with Crippen LogP contribution in [0.1, 0.15) is 34.3 Å². The second kappa shape index (κ2) is 11.2. The molecule has 0 spiro atoms. The van der Waals surface area contributed by atoms with Crippen LogP contribution in [0.3, 0.4) is 0 Å². The molecule has 1 aliphatic rings. The Morgan fingerprint density at radius 2 is 1.95 bits per heavy atom. The number of aliphatic hydroxyl groups excluding tert-OH is 1. The van der Waals surface area contributed by atoms with Gasteiger partial charge in [-0.15, -0.1) is 0 Å². The Balaban J connectivity index is 1.54. The van der Waals surface area contributed by atoms with E-state index in [0.29, 0.717) is 17.3 Å². The van der Waals surface area contributed by atoms with Crippen LogP contribution < -0.4 is 10.3 Å². The lowest BCUT2D eigenvalue weighted by atomic mass is 9.96. The number of likely N-dealkylation sites (tertiary alicyclic amines) is 1. The Labute approximate surface area is 220 Å². The van der Waals surface area contributed by atoms with Gasteiger partial charge in [-0.05, 0) is 30.7 Å². The van der Waals surface area contributed by atoms with Gasteiger partial charge in [-0.1, -0.05) is 23.7 Å². The maximum absolute atomic E-state index is 13.9. The number of Topliss-reactive ketones (excluding diaryl/α,β-unsaturated/α-hetero) is 1. The van der Waals surface area contributed by atoms with Gasteiger partial charge in [0.25, 0.3) is 5.56 Å². The highest BCUT2D eigenvalue weighted by Gasteiger charge is 2.39. The van der Waals surface area contributed by atoms with Crippen molar-refractivity contribution >= 4 is 29.2 Å². The van der Waals surface area contributed by atoms with E-state index in [9.17, 15) is 28.0 Å². The van der Waals surface area contributed by atoms with Gasteiger partial charge >= 0.3 is 0 Å². The zero-order valence-corrected chi connectivity index (χ0v) is 20.9. The molecule has 38 heavy (non-hydrogen) atoms. The number of carbonyl (C=O) groups excluding carboxylic acids is 3. The maximum atomic E-state index is 13.9. The molecule has 2 aromatic carbocycles. The van der Waals surface area contributed by atoms with Crippen molar-refractivity contribution in [3.63, 3.8) is 0 Å². The molecule has 1 atom stereocenters. The van der Waals surface area contributed by atoms with Crippen LogP contribution in [-0.2, 0) is 16.2 Å². The van der Waals surface area contributed by atoms with Crippen LogP contribution >= 0.6 is 11.6 Å². The number of hydrogen-bond donors (Lipinski definition) is 1. The van der Waals surface area contributed by atoms with E-state index in [1.165, 1.54) is 12.1 Å². The van der Waals surface area contributed by atoms with E-state index >= 15 is 0 Å². The number of aromatic nitrogens is 2. The van der Waals surface area contributed by atoms with Crippen molar-refractivity contribution in [3.05, 3.63) is 86.4 Å². The average molecular weight is 546 g/mol. The van der Waals surface area contributed by atoms with E-state index in [1.54, 1.807) is 19.1 Å². The highest BCUT2D eigenvalue weighted by molar-refractivity contribution is 6.31. The van der Waals surface area contributed by atoms with Crippen molar-refractivity contribution in [2.45, 2.75) is 26.4 Å². The first kappa shape index (κ1) is 27.1. The summed E-state index contributed by atoms with van der Waals surface area (Å²) in [4.78, 5) is 55.4. The summed E-state index contributed by atoms with van der Waals surface area (Å²) >= 11 is 6.18. The minimum atomic E-state index is -0.826. The molecule has 0 unspecified atom stereocenters. The van der Waals surface area contributed by atoms with Crippen molar-refractivity contribution in [3.8, 4) is 11.6 Å². The SMILES string of the molecule is Cc1ccc(C(=O)C[C@H]2CC(=O)N(CCO)C2=O)cc1-n1cnc(OCc2ccc(F)cc2F)c(Cl)c1=O. The van der Waals surface area contributed by atoms with Gasteiger partial charge in [0.2, 0.25) is 17.7 Å². The monoisotopic (exact) mass is 545 g/mol. The lowest BCUT2D eigenvalue weighted by Gasteiger charge is -2.14. The fraction of sp³-hybridized carbons (Fsp3) is 0.269. The smallest absolute Gasteiger partial charge is 0.280 e. The number of amides is 2. The highest BCUT2D eigenvalue weighted by atomic mass is 35.5. The summed E-state index contributed by atoms with van der Waals surface area (Å²) in [6, 6.07) is 7.59. The van der Waals surface area contributed by atoms with Crippen LogP contribution in [0.4, 0.5) is 8.78 Å². The summed E-state index contributed by atoms with van der Waals surface area (Å²) < 4.78 is 33.5. The predicted octanol–water partition coefficient (Wildman–Crippen LogP) is 2.99. The van der Waals surface area contributed by atoms with Crippen molar-refractivity contribution in [1.82, 2.24) is 14.5 Å². The van der Waals surface area contributed by atoms with Crippen molar-refractivity contribution in [2.75, 3.05) is 13.2 Å². The molecule has 2 amide bonds. The molecule has 1 aliphatic heterocycles. The van der Waals surface area contributed by atoms with E-state index in [0.717, 1.165) is 21.9 Å². The lowest BCUT2D eigenvalue weighted by Crippen LogP contribution is -2.33. The van der Waals surface area contributed by atoms with Crippen LogP contribution in [0.25, 0.3) is 5.69 Å². The number of ether oxygens (including phenoxy) is 1. The second-order valence-electron chi connectivity index (χ2n) is 8.70. The molecule has 3 aromatic rings. The molecule has 1 saturated heterocycles. The summed E-state index contributed by atoms with van der Waals surface area (Å²) in [5.41, 5.74) is 0.464. The molecule has 0 radical (unpaired) electrons. The van der Waals surface area contributed by atoms with Crippen LogP contribution in [0.15, 0.2) is 47.5 Å². The number of hydrogen-bond acceptors (Lipinski definition) is 7. The number of ketones is 1. The lowest BCUT2D eigenvalue weighted by molar-refractivity contribution is -0.139. The first-order chi connectivity index (χ1) is 18.1. The molecule has 1 N–H and O–H groups in total. The summed E-state index contributed by atoms with van der Waals surface area (Å²) in [5.74, 6) is -4.00. The van der Waals surface area contributed by atoms with Gasteiger partial charge in [0.1, 0.15) is 24.6 Å². The van der Waals surface area contributed by atoms with Crippen molar-refractivity contribution < 1.29 is 33.0 Å². The second-order valence-corrected chi connectivity index (χ2v) is 9.08. The first-order valence-corrected chi connectivity index (χ1v) is 11.9.